The van der Waals surface area contributed by atoms with Crippen LogP contribution in [0.5, 0.6) is 0 Å². The fraction of sp³-hybridized carbons (Fsp3) is 0.957. The zero-order valence-corrected chi connectivity index (χ0v) is 19.2. The van der Waals surface area contributed by atoms with E-state index in [4.69, 9.17) is 4.99 Å². The van der Waals surface area contributed by atoms with Gasteiger partial charge in [-0.3, -0.25) is 4.48 Å². The Hall–Kier alpha value is -0.570. The van der Waals surface area contributed by atoms with Crippen molar-refractivity contribution in [2.45, 2.75) is 106 Å². The first-order chi connectivity index (χ1) is 12.7. The first-order valence-corrected chi connectivity index (χ1v) is 11.8. The number of hydrogen-bond donors (Lipinski definition) is 0. The molecule has 3 nitrogen and oxygen atoms in total. The van der Waals surface area contributed by atoms with Crippen LogP contribution in [-0.2, 0) is 0 Å². The van der Waals surface area contributed by atoms with Gasteiger partial charge >= 0.3 is 0 Å². The Morgan fingerprint density at radius 1 is 0.615 bits per heavy atom. The van der Waals surface area contributed by atoms with Crippen molar-refractivity contribution in [3.05, 3.63) is 0 Å². The first-order valence-electron chi connectivity index (χ1n) is 11.8. The number of aliphatic imine (C=N–C) groups is 1. The van der Waals surface area contributed by atoms with Gasteiger partial charge in [0.1, 0.15) is 0 Å². The summed E-state index contributed by atoms with van der Waals surface area (Å²) in [6, 6.07) is 0. The van der Waals surface area contributed by atoms with Crippen molar-refractivity contribution in [1.82, 2.24) is 4.90 Å². The summed E-state index contributed by atoms with van der Waals surface area (Å²) in [7, 11) is 0. The molecule has 0 saturated carbocycles. The van der Waals surface area contributed by atoms with E-state index in [1.54, 1.807) is 0 Å². The summed E-state index contributed by atoms with van der Waals surface area (Å²) < 4.78 is 1.14. The van der Waals surface area contributed by atoms with Gasteiger partial charge in [0.2, 0.25) is 0 Å². The molecule has 0 aliphatic carbocycles. The molecule has 0 amide bonds. The molecular weight excluding hydrogens is 318 g/mol. The Kier molecular flexibility index (Phi) is 16.2. The molecule has 0 saturated heterocycles. The first kappa shape index (κ1) is 25.4. The standard InChI is InChI=1S/C23H50N3/c1-7-13-17-24-23(25(18-11-5)19-12-6)26(20-14-8-2,21-15-9-3)22-16-10-4/h7-22H2,1-6H3/q+1. The van der Waals surface area contributed by atoms with Gasteiger partial charge in [-0.05, 0) is 38.5 Å². The summed E-state index contributed by atoms with van der Waals surface area (Å²) in [5, 5.41) is 0. The highest BCUT2D eigenvalue weighted by Crippen LogP contribution is 2.20. The molecule has 0 aliphatic heterocycles. The predicted molar refractivity (Wildman–Crippen MR) is 119 cm³/mol. The van der Waals surface area contributed by atoms with Crippen molar-refractivity contribution in [2.24, 2.45) is 4.99 Å². The highest BCUT2D eigenvalue weighted by molar-refractivity contribution is 5.73. The Bertz CT molecular complexity index is 311. The third-order valence-corrected chi connectivity index (χ3v) is 5.28. The van der Waals surface area contributed by atoms with E-state index >= 15 is 0 Å². The van der Waals surface area contributed by atoms with Gasteiger partial charge in [0.15, 0.2) is 0 Å². The molecule has 0 spiro atoms. The number of rotatable bonds is 16. The molecule has 0 rings (SSSR count). The second kappa shape index (κ2) is 16.6. The third-order valence-electron chi connectivity index (χ3n) is 5.28. The quantitative estimate of drug-likeness (QED) is 0.132. The minimum Gasteiger partial charge on any atom is -0.311 e. The van der Waals surface area contributed by atoms with E-state index in [1.807, 2.05) is 0 Å². The minimum atomic E-state index is 1.00. The summed E-state index contributed by atoms with van der Waals surface area (Å²) in [6.07, 6.45) is 12.6. The van der Waals surface area contributed by atoms with E-state index in [1.165, 1.54) is 89.8 Å². The summed E-state index contributed by atoms with van der Waals surface area (Å²) in [6.45, 7) is 21.0. The second-order valence-corrected chi connectivity index (χ2v) is 7.90. The summed E-state index contributed by atoms with van der Waals surface area (Å²) in [5.41, 5.74) is 0. The van der Waals surface area contributed by atoms with E-state index in [-0.39, 0.29) is 0 Å². The number of hydrogen-bond acceptors (Lipinski definition) is 1. The van der Waals surface area contributed by atoms with Crippen molar-refractivity contribution < 1.29 is 4.48 Å². The molecule has 0 radical (unpaired) electrons. The normalized spacial score (nSPS) is 12.6. The molecule has 0 bridgehead atoms. The maximum Gasteiger partial charge on any atom is 0.300 e. The lowest BCUT2D eigenvalue weighted by Gasteiger charge is -2.43. The van der Waals surface area contributed by atoms with Crippen LogP contribution in [0.4, 0.5) is 0 Å². The van der Waals surface area contributed by atoms with E-state index in [2.05, 4.69) is 46.4 Å². The molecule has 26 heavy (non-hydrogen) atoms. The summed E-state index contributed by atoms with van der Waals surface area (Å²) in [4.78, 5) is 7.95. The van der Waals surface area contributed by atoms with Gasteiger partial charge in [0, 0.05) is 19.6 Å². The van der Waals surface area contributed by atoms with Crippen LogP contribution in [0.2, 0.25) is 0 Å². The van der Waals surface area contributed by atoms with Gasteiger partial charge < -0.3 is 4.90 Å². The number of quaternary nitrogens is 1. The van der Waals surface area contributed by atoms with E-state index < -0.39 is 0 Å². The third kappa shape index (κ3) is 9.39. The molecule has 0 aliphatic rings. The van der Waals surface area contributed by atoms with Crippen molar-refractivity contribution in [3.63, 3.8) is 0 Å². The smallest absolute Gasteiger partial charge is 0.300 e. The van der Waals surface area contributed by atoms with E-state index in [9.17, 15) is 0 Å². The van der Waals surface area contributed by atoms with Crippen LogP contribution < -0.4 is 0 Å². The second-order valence-electron chi connectivity index (χ2n) is 7.90. The van der Waals surface area contributed by atoms with Crippen LogP contribution in [0.15, 0.2) is 4.99 Å². The molecule has 0 aromatic rings. The Morgan fingerprint density at radius 2 is 1.04 bits per heavy atom. The van der Waals surface area contributed by atoms with Crippen LogP contribution in [0.25, 0.3) is 0 Å². The molecule has 0 aromatic carbocycles. The highest BCUT2D eigenvalue weighted by atomic mass is 15.5. The Labute approximate surface area is 165 Å². The maximum atomic E-state index is 5.30. The zero-order valence-electron chi connectivity index (χ0n) is 19.2. The van der Waals surface area contributed by atoms with Crippen LogP contribution in [0.3, 0.4) is 0 Å². The van der Waals surface area contributed by atoms with Gasteiger partial charge in [-0.15, -0.1) is 0 Å². The van der Waals surface area contributed by atoms with E-state index in [0.717, 1.165) is 24.1 Å². The van der Waals surface area contributed by atoms with Crippen LogP contribution in [0, 0.1) is 0 Å². The molecular formula is C23H50N3+. The summed E-state index contributed by atoms with van der Waals surface area (Å²) in [5.74, 6) is 1.43. The van der Waals surface area contributed by atoms with Crippen molar-refractivity contribution >= 4 is 5.96 Å². The van der Waals surface area contributed by atoms with Crippen molar-refractivity contribution in [3.8, 4) is 0 Å². The average molecular weight is 369 g/mol. The monoisotopic (exact) mass is 368 g/mol. The van der Waals surface area contributed by atoms with Gasteiger partial charge in [0.25, 0.3) is 5.96 Å². The largest absolute Gasteiger partial charge is 0.311 e. The van der Waals surface area contributed by atoms with Gasteiger partial charge in [0.05, 0.1) is 19.6 Å². The summed E-state index contributed by atoms with van der Waals surface area (Å²) >= 11 is 0. The molecule has 3 heteroatoms. The van der Waals surface area contributed by atoms with Crippen LogP contribution in [0.1, 0.15) is 106 Å². The molecule has 0 atom stereocenters. The average Bonchev–Trinajstić information content (AvgIpc) is 2.65. The lowest BCUT2D eigenvalue weighted by Crippen LogP contribution is -2.61. The van der Waals surface area contributed by atoms with Crippen molar-refractivity contribution in [1.29, 1.82) is 0 Å². The molecule has 0 unspecified atom stereocenters. The van der Waals surface area contributed by atoms with Gasteiger partial charge in [-0.25, -0.2) is 4.99 Å². The molecule has 0 fully saturated rings. The lowest BCUT2D eigenvalue weighted by atomic mass is 10.1. The highest BCUT2D eigenvalue weighted by Gasteiger charge is 2.36. The molecule has 0 aromatic heterocycles. The van der Waals surface area contributed by atoms with Gasteiger partial charge in [-0.1, -0.05) is 67.2 Å². The topological polar surface area (TPSA) is 15.6 Å². The Balaban J connectivity index is 5.89. The zero-order chi connectivity index (χ0) is 19.7. The number of nitrogens with zero attached hydrogens (tertiary/aromatic N) is 3. The molecule has 0 heterocycles. The van der Waals surface area contributed by atoms with Crippen LogP contribution in [-0.4, -0.2) is 54.6 Å². The Morgan fingerprint density at radius 3 is 1.38 bits per heavy atom. The minimum absolute atomic E-state index is 1.00. The lowest BCUT2D eigenvalue weighted by molar-refractivity contribution is -0.848. The predicted octanol–water partition coefficient (Wildman–Crippen LogP) is 6.48. The number of guanidine groups is 1. The SMILES string of the molecule is CCCCN=C(N(CCC)CCC)[N+](CCCC)(CCCC)CCCC. The van der Waals surface area contributed by atoms with E-state index in [0.29, 0.717) is 0 Å². The number of unbranched alkanes of at least 4 members (excludes halogenated alkanes) is 4. The molecule has 0 N–H and O–H groups in total. The maximum absolute atomic E-state index is 5.30. The van der Waals surface area contributed by atoms with Crippen LogP contribution >= 0.6 is 0 Å². The van der Waals surface area contributed by atoms with Crippen molar-refractivity contribution in [2.75, 3.05) is 39.3 Å². The molecule has 156 valence electrons. The fourth-order valence-electron chi connectivity index (χ4n) is 3.76. The van der Waals surface area contributed by atoms with Gasteiger partial charge in [-0.2, -0.15) is 0 Å². The fourth-order valence-corrected chi connectivity index (χ4v) is 3.76.